The lowest BCUT2D eigenvalue weighted by atomic mass is 9.92. The van der Waals surface area contributed by atoms with Gasteiger partial charge in [0.1, 0.15) is 6.04 Å². The third-order valence-electron chi connectivity index (χ3n) is 4.82. The lowest BCUT2D eigenvalue weighted by Crippen LogP contribution is -2.47. The normalized spacial score (nSPS) is 26.8. The molecule has 132 valence electrons. The summed E-state index contributed by atoms with van der Waals surface area (Å²) in [6, 6.07) is 9.99. The number of carbonyl (C=O) groups excluding carboxylic acids is 2. The Labute approximate surface area is 149 Å². The van der Waals surface area contributed by atoms with Crippen molar-refractivity contribution in [2.75, 3.05) is 13.1 Å². The first-order valence-corrected chi connectivity index (χ1v) is 8.50. The van der Waals surface area contributed by atoms with Crippen LogP contribution in [-0.2, 0) is 16.1 Å². The fourth-order valence-electron chi connectivity index (χ4n) is 3.49. The van der Waals surface area contributed by atoms with Crippen LogP contribution in [-0.4, -0.2) is 41.9 Å². The number of benzene rings is 1. The average molecular weight is 352 g/mol. The van der Waals surface area contributed by atoms with E-state index in [1.165, 1.54) is 0 Å². The number of hydrogen-bond acceptors (Lipinski definition) is 3. The van der Waals surface area contributed by atoms with Gasteiger partial charge in [-0.25, -0.2) is 0 Å². The van der Waals surface area contributed by atoms with Crippen LogP contribution in [0.1, 0.15) is 31.7 Å². The summed E-state index contributed by atoms with van der Waals surface area (Å²) >= 11 is 0. The highest BCUT2D eigenvalue weighted by Gasteiger charge is 2.34. The zero-order chi connectivity index (χ0) is 16.2. The van der Waals surface area contributed by atoms with Crippen LogP contribution in [0.3, 0.4) is 0 Å². The minimum Gasteiger partial charge on any atom is -0.344 e. The molecule has 5 nitrogen and oxygen atoms in total. The van der Waals surface area contributed by atoms with Gasteiger partial charge in [-0.2, -0.15) is 0 Å². The Morgan fingerprint density at radius 3 is 2.75 bits per heavy atom. The van der Waals surface area contributed by atoms with Crippen molar-refractivity contribution < 1.29 is 9.59 Å². The Kier molecular flexibility index (Phi) is 6.63. The summed E-state index contributed by atoms with van der Waals surface area (Å²) in [5.41, 5.74) is 1.13. The first-order chi connectivity index (χ1) is 11.1. The second kappa shape index (κ2) is 8.49. The van der Waals surface area contributed by atoms with E-state index < -0.39 is 0 Å². The van der Waals surface area contributed by atoms with Crippen LogP contribution in [0.5, 0.6) is 0 Å². The molecule has 2 heterocycles. The van der Waals surface area contributed by atoms with Crippen LogP contribution in [0.25, 0.3) is 0 Å². The molecule has 2 saturated heterocycles. The molecular formula is C18H26ClN3O2. The molecular weight excluding hydrogens is 326 g/mol. The standard InChI is InChI=1S/C18H25N3O2.ClH/c1-13-11-15(7-9-19-13)17(22)20-16-8-10-21(18(16)23)12-14-5-3-2-4-6-14;/h2-6,13,15-16,19H,7-12H2,1H3,(H,20,22);1H/t13-,15-,16?;/m0./s1. The minimum absolute atomic E-state index is 0. The Hall–Kier alpha value is -1.59. The van der Waals surface area contributed by atoms with Crippen molar-refractivity contribution in [1.29, 1.82) is 0 Å². The van der Waals surface area contributed by atoms with E-state index >= 15 is 0 Å². The summed E-state index contributed by atoms with van der Waals surface area (Å²) in [4.78, 5) is 26.7. The van der Waals surface area contributed by atoms with E-state index in [1.807, 2.05) is 35.2 Å². The van der Waals surface area contributed by atoms with Crippen LogP contribution in [0.4, 0.5) is 0 Å². The maximum absolute atomic E-state index is 12.5. The fraction of sp³-hybridized carbons (Fsp3) is 0.556. The molecule has 0 saturated carbocycles. The quantitative estimate of drug-likeness (QED) is 0.868. The summed E-state index contributed by atoms with van der Waals surface area (Å²) in [6.45, 7) is 4.30. The SMILES string of the molecule is C[C@H]1C[C@@H](C(=O)NC2CCN(Cc3ccccc3)C2=O)CCN1.Cl. The van der Waals surface area contributed by atoms with Crippen molar-refractivity contribution in [2.24, 2.45) is 5.92 Å². The number of nitrogens with zero attached hydrogens (tertiary/aromatic N) is 1. The topological polar surface area (TPSA) is 61.4 Å². The Morgan fingerprint density at radius 2 is 2.04 bits per heavy atom. The minimum atomic E-state index is -0.351. The van der Waals surface area contributed by atoms with Gasteiger partial charge in [0.15, 0.2) is 0 Å². The van der Waals surface area contributed by atoms with E-state index in [2.05, 4.69) is 17.6 Å². The molecule has 0 aromatic heterocycles. The van der Waals surface area contributed by atoms with Crippen molar-refractivity contribution in [2.45, 2.75) is 44.8 Å². The monoisotopic (exact) mass is 351 g/mol. The van der Waals surface area contributed by atoms with Crippen molar-refractivity contribution in [3.8, 4) is 0 Å². The number of hydrogen-bond donors (Lipinski definition) is 2. The van der Waals surface area contributed by atoms with Gasteiger partial charge < -0.3 is 15.5 Å². The van der Waals surface area contributed by atoms with Crippen LogP contribution >= 0.6 is 12.4 Å². The maximum Gasteiger partial charge on any atom is 0.245 e. The molecule has 0 spiro atoms. The Balaban J connectivity index is 0.00000208. The highest BCUT2D eigenvalue weighted by atomic mass is 35.5. The van der Waals surface area contributed by atoms with Crippen LogP contribution in [0.15, 0.2) is 30.3 Å². The molecule has 0 radical (unpaired) electrons. The van der Waals surface area contributed by atoms with Gasteiger partial charge in [0.2, 0.25) is 11.8 Å². The fourth-order valence-corrected chi connectivity index (χ4v) is 3.49. The number of amides is 2. The van der Waals surface area contributed by atoms with E-state index in [0.717, 1.165) is 24.9 Å². The number of nitrogens with one attached hydrogen (secondary N) is 2. The van der Waals surface area contributed by atoms with Crippen molar-refractivity contribution in [3.63, 3.8) is 0 Å². The van der Waals surface area contributed by atoms with Gasteiger partial charge in [0, 0.05) is 25.0 Å². The molecule has 2 aliphatic heterocycles. The molecule has 1 aromatic rings. The molecule has 24 heavy (non-hydrogen) atoms. The molecule has 3 atom stereocenters. The highest BCUT2D eigenvalue weighted by molar-refractivity contribution is 5.90. The van der Waals surface area contributed by atoms with E-state index in [-0.39, 0.29) is 36.2 Å². The smallest absolute Gasteiger partial charge is 0.245 e. The molecule has 1 unspecified atom stereocenters. The molecule has 1 aromatic carbocycles. The number of piperidine rings is 1. The predicted octanol–water partition coefficient (Wildman–Crippen LogP) is 1.71. The summed E-state index contributed by atoms with van der Waals surface area (Å²) in [6.07, 6.45) is 2.41. The zero-order valence-electron chi connectivity index (χ0n) is 14.0. The summed E-state index contributed by atoms with van der Waals surface area (Å²) in [5, 5.41) is 6.33. The number of halogens is 1. The van der Waals surface area contributed by atoms with Gasteiger partial charge in [0.05, 0.1) is 0 Å². The molecule has 2 N–H and O–H groups in total. The lowest BCUT2D eigenvalue weighted by molar-refractivity contribution is -0.134. The summed E-state index contributed by atoms with van der Waals surface area (Å²) < 4.78 is 0. The molecule has 6 heteroatoms. The second-order valence-electron chi connectivity index (χ2n) is 6.67. The van der Waals surface area contributed by atoms with E-state index in [0.29, 0.717) is 25.6 Å². The van der Waals surface area contributed by atoms with Gasteiger partial charge in [-0.1, -0.05) is 30.3 Å². The van der Waals surface area contributed by atoms with E-state index in [1.54, 1.807) is 0 Å². The largest absolute Gasteiger partial charge is 0.344 e. The van der Waals surface area contributed by atoms with E-state index in [4.69, 9.17) is 0 Å². The van der Waals surface area contributed by atoms with Gasteiger partial charge in [-0.3, -0.25) is 9.59 Å². The van der Waals surface area contributed by atoms with Crippen LogP contribution in [0.2, 0.25) is 0 Å². The summed E-state index contributed by atoms with van der Waals surface area (Å²) in [5.74, 6) is 0.115. The molecule has 0 bridgehead atoms. The molecule has 2 aliphatic rings. The highest BCUT2D eigenvalue weighted by Crippen LogP contribution is 2.19. The number of rotatable bonds is 4. The first kappa shape index (κ1) is 18.7. The Morgan fingerprint density at radius 1 is 1.29 bits per heavy atom. The van der Waals surface area contributed by atoms with Crippen LogP contribution in [0, 0.1) is 5.92 Å². The second-order valence-corrected chi connectivity index (χ2v) is 6.67. The predicted molar refractivity (Wildman–Crippen MR) is 95.8 cm³/mol. The van der Waals surface area contributed by atoms with Crippen molar-refractivity contribution in [1.82, 2.24) is 15.5 Å². The van der Waals surface area contributed by atoms with Gasteiger partial charge in [-0.05, 0) is 38.3 Å². The van der Waals surface area contributed by atoms with Crippen molar-refractivity contribution in [3.05, 3.63) is 35.9 Å². The third-order valence-corrected chi connectivity index (χ3v) is 4.82. The average Bonchev–Trinajstić information content (AvgIpc) is 2.89. The van der Waals surface area contributed by atoms with Crippen molar-refractivity contribution >= 4 is 24.2 Å². The zero-order valence-corrected chi connectivity index (χ0v) is 14.8. The summed E-state index contributed by atoms with van der Waals surface area (Å²) in [7, 11) is 0. The Bertz CT molecular complexity index is 567. The number of likely N-dealkylation sites (tertiary alicyclic amines) is 1. The van der Waals surface area contributed by atoms with E-state index in [9.17, 15) is 9.59 Å². The number of carbonyl (C=O) groups is 2. The molecule has 3 rings (SSSR count). The van der Waals surface area contributed by atoms with Crippen LogP contribution < -0.4 is 10.6 Å². The maximum atomic E-state index is 12.5. The molecule has 0 aliphatic carbocycles. The van der Waals surface area contributed by atoms with Gasteiger partial charge >= 0.3 is 0 Å². The molecule has 2 fully saturated rings. The first-order valence-electron chi connectivity index (χ1n) is 8.50. The van der Waals surface area contributed by atoms with Gasteiger partial charge in [0.25, 0.3) is 0 Å². The lowest BCUT2D eigenvalue weighted by Gasteiger charge is -2.28. The molecule has 2 amide bonds. The third kappa shape index (κ3) is 4.48. The van der Waals surface area contributed by atoms with Gasteiger partial charge in [-0.15, -0.1) is 12.4 Å².